The van der Waals surface area contributed by atoms with Gasteiger partial charge in [-0.2, -0.15) is 13.2 Å². The lowest BCUT2D eigenvalue weighted by Gasteiger charge is -2.06. The number of H-pyrrole nitrogens is 1. The second kappa shape index (κ2) is 7.30. The monoisotopic (exact) mass is 434 g/mol. The molecule has 0 bridgehead atoms. The first-order valence-corrected chi connectivity index (χ1v) is 8.68. The van der Waals surface area contributed by atoms with Crippen molar-refractivity contribution >= 4 is 28.8 Å². The third-order valence-corrected chi connectivity index (χ3v) is 4.40. The average Bonchev–Trinajstić information content (AvgIpc) is 3.10. The van der Waals surface area contributed by atoms with Gasteiger partial charge in [-0.05, 0) is 30.3 Å². The molecule has 0 atom stereocenters. The Kier molecular flexibility index (Phi) is 4.78. The van der Waals surface area contributed by atoms with Gasteiger partial charge in [0, 0.05) is 17.8 Å². The van der Waals surface area contributed by atoms with Crippen LogP contribution in [0.1, 0.15) is 5.56 Å². The molecule has 11 heteroatoms. The first-order chi connectivity index (χ1) is 14.2. The predicted molar refractivity (Wildman–Crippen MR) is 101 cm³/mol. The lowest BCUT2D eigenvalue weighted by molar-refractivity contribution is -0.137. The number of halogens is 4. The maximum atomic E-state index is 12.9. The number of imidazole rings is 1. The molecule has 1 aromatic carbocycles. The molecule has 0 aliphatic heterocycles. The normalized spacial score (nSPS) is 11.6. The van der Waals surface area contributed by atoms with Crippen molar-refractivity contribution in [2.24, 2.45) is 0 Å². The number of fused-ring (bicyclic) bond motifs is 1. The highest BCUT2D eigenvalue weighted by molar-refractivity contribution is 6.33. The van der Waals surface area contributed by atoms with Crippen LogP contribution >= 0.6 is 11.6 Å². The van der Waals surface area contributed by atoms with Crippen molar-refractivity contribution in [1.29, 1.82) is 0 Å². The number of ether oxygens (including phenoxy) is 1. The Bertz CT molecular complexity index is 1260. The SMILES string of the molecule is O=C(O)Oc1cnc(-c2ccc(-c3nc4ccc(C(F)(F)F)cc4[nH]3)nc2)c(Cl)c1. The van der Waals surface area contributed by atoms with E-state index in [2.05, 4.69) is 24.7 Å². The van der Waals surface area contributed by atoms with E-state index in [-0.39, 0.29) is 16.3 Å². The molecule has 0 unspecified atom stereocenters. The van der Waals surface area contributed by atoms with Crippen LogP contribution in [0, 0.1) is 0 Å². The summed E-state index contributed by atoms with van der Waals surface area (Å²) in [6, 6.07) is 7.82. The van der Waals surface area contributed by atoms with Gasteiger partial charge in [0.25, 0.3) is 0 Å². The van der Waals surface area contributed by atoms with E-state index in [1.807, 2.05) is 0 Å². The molecule has 0 fully saturated rings. The summed E-state index contributed by atoms with van der Waals surface area (Å²) < 4.78 is 43.1. The van der Waals surface area contributed by atoms with Crippen LogP contribution in [0.25, 0.3) is 33.8 Å². The lowest BCUT2D eigenvalue weighted by Crippen LogP contribution is -2.04. The van der Waals surface area contributed by atoms with E-state index >= 15 is 0 Å². The molecule has 0 amide bonds. The van der Waals surface area contributed by atoms with E-state index in [1.54, 1.807) is 12.1 Å². The van der Waals surface area contributed by atoms with Gasteiger partial charge in [0.1, 0.15) is 5.69 Å². The van der Waals surface area contributed by atoms with Crippen molar-refractivity contribution in [3.05, 3.63) is 59.4 Å². The number of benzene rings is 1. The Balaban J connectivity index is 1.63. The minimum atomic E-state index is -4.45. The number of nitrogens with one attached hydrogen (secondary N) is 1. The first kappa shape index (κ1) is 19.6. The minimum Gasteiger partial charge on any atom is -0.449 e. The number of carboxylic acid groups (broad SMARTS) is 1. The molecule has 3 aromatic heterocycles. The molecular formula is C19H10ClF3N4O3. The van der Waals surface area contributed by atoms with Crippen LogP contribution in [0.3, 0.4) is 0 Å². The standard InChI is InChI=1S/C19H10ClF3N4O3/c20-12-6-11(30-18(28)29)8-25-16(12)9-1-3-14(24-7-9)17-26-13-4-2-10(19(21,22)23)5-15(13)27-17/h1-8H,(H,26,27)(H,28,29). The van der Waals surface area contributed by atoms with Crippen molar-refractivity contribution in [3.63, 3.8) is 0 Å². The maximum Gasteiger partial charge on any atom is 0.511 e. The lowest BCUT2D eigenvalue weighted by atomic mass is 10.1. The molecule has 4 aromatic rings. The van der Waals surface area contributed by atoms with Crippen LogP contribution in [0.15, 0.2) is 48.8 Å². The van der Waals surface area contributed by atoms with Gasteiger partial charge in [0.15, 0.2) is 11.6 Å². The second-order valence-electron chi connectivity index (χ2n) is 6.12. The van der Waals surface area contributed by atoms with Gasteiger partial charge in [0.2, 0.25) is 0 Å². The van der Waals surface area contributed by atoms with E-state index in [0.717, 1.165) is 12.1 Å². The molecule has 0 aliphatic rings. The van der Waals surface area contributed by atoms with Crippen LogP contribution in [-0.4, -0.2) is 31.2 Å². The summed E-state index contributed by atoms with van der Waals surface area (Å²) in [6.07, 6.45) is -3.26. The van der Waals surface area contributed by atoms with Crippen LogP contribution in [0.5, 0.6) is 5.75 Å². The fraction of sp³-hybridized carbons (Fsp3) is 0.0526. The fourth-order valence-corrected chi connectivity index (χ4v) is 3.04. The number of carbonyl (C=O) groups is 1. The topological polar surface area (TPSA) is 101 Å². The van der Waals surface area contributed by atoms with Gasteiger partial charge in [-0.15, -0.1) is 0 Å². The highest BCUT2D eigenvalue weighted by atomic mass is 35.5. The van der Waals surface area contributed by atoms with Gasteiger partial charge in [-0.25, -0.2) is 9.78 Å². The summed E-state index contributed by atoms with van der Waals surface area (Å²) in [5.41, 5.74) is 1.15. The van der Waals surface area contributed by atoms with E-state index in [9.17, 15) is 18.0 Å². The molecule has 152 valence electrons. The summed E-state index contributed by atoms with van der Waals surface area (Å²) in [5, 5.41) is 8.78. The number of rotatable bonds is 3. The van der Waals surface area contributed by atoms with Crippen molar-refractivity contribution in [2.45, 2.75) is 6.18 Å². The zero-order chi connectivity index (χ0) is 21.5. The predicted octanol–water partition coefficient (Wildman–Crippen LogP) is 5.42. The number of nitrogens with zero attached hydrogens (tertiary/aromatic N) is 3. The van der Waals surface area contributed by atoms with Crippen molar-refractivity contribution in [3.8, 4) is 28.5 Å². The Morgan fingerprint density at radius 3 is 2.53 bits per heavy atom. The number of alkyl halides is 3. The first-order valence-electron chi connectivity index (χ1n) is 8.31. The Morgan fingerprint density at radius 2 is 1.90 bits per heavy atom. The van der Waals surface area contributed by atoms with E-state index in [0.29, 0.717) is 28.3 Å². The van der Waals surface area contributed by atoms with Gasteiger partial charge in [0.05, 0.1) is 33.5 Å². The van der Waals surface area contributed by atoms with Crippen molar-refractivity contribution < 1.29 is 27.8 Å². The minimum absolute atomic E-state index is 0.0265. The Labute approximate surface area is 171 Å². The summed E-state index contributed by atoms with van der Waals surface area (Å²) in [4.78, 5) is 26.0. The molecule has 0 spiro atoms. The zero-order valence-electron chi connectivity index (χ0n) is 14.7. The fourth-order valence-electron chi connectivity index (χ4n) is 2.77. The molecule has 0 saturated carbocycles. The van der Waals surface area contributed by atoms with Gasteiger partial charge >= 0.3 is 12.3 Å². The van der Waals surface area contributed by atoms with Crippen LogP contribution in [-0.2, 0) is 6.18 Å². The van der Waals surface area contributed by atoms with Crippen molar-refractivity contribution in [1.82, 2.24) is 19.9 Å². The average molecular weight is 435 g/mol. The summed E-state index contributed by atoms with van der Waals surface area (Å²) in [5.74, 6) is 0.279. The highest BCUT2D eigenvalue weighted by Crippen LogP contribution is 2.32. The summed E-state index contributed by atoms with van der Waals surface area (Å²) in [7, 11) is 0. The highest BCUT2D eigenvalue weighted by Gasteiger charge is 2.30. The van der Waals surface area contributed by atoms with Gasteiger partial charge in [-0.1, -0.05) is 11.6 Å². The van der Waals surface area contributed by atoms with Crippen LogP contribution in [0.2, 0.25) is 5.02 Å². The van der Waals surface area contributed by atoms with E-state index in [4.69, 9.17) is 16.7 Å². The molecule has 0 saturated heterocycles. The molecule has 0 radical (unpaired) electrons. The molecule has 4 rings (SSSR count). The van der Waals surface area contributed by atoms with Gasteiger partial charge < -0.3 is 14.8 Å². The van der Waals surface area contributed by atoms with Crippen molar-refractivity contribution in [2.75, 3.05) is 0 Å². The third kappa shape index (κ3) is 3.90. The molecule has 2 N–H and O–H groups in total. The molecule has 0 aliphatic carbocycles. The molecule has 7 nitrogen and oxygen atoms in total. The third-order valence-electron chi connectivity index (χ3n) is 4.11. The largest absolute Gasteiger partial charge is 0.511 e. The maximum absolute atomic E-state index is 12.9. The number of aromatic amines is 1. The molecule has 30 heavy (non-hydrogen) atoms. The second-order valence-corrected chi connectivity index (χ2v) is 6.52. The van der Waals surface area contributed by atoms with Gasteiger partial charge in [-0.3, -0.25) is 9.97 Å². The van der Waals surface area contributed by atoms with Crippen LogP contribution in [0.4, 0.5) is 18.0 Å². The van der Waals surface area contributed by atoms with Crippen LogP contribution < -0.4 is 4.74 Å². The zero-order valence-corrected chi connectivity index (χ0v) is 15.5. The Hall–Kier alpha value is -3.66. The molecule has 3 heterocycles. The number of hydrogen-bond acceptors (Lipinski definition) is 5. The summed E-state index contributed by atoms with van der Waals surface area (Å²) in [6.45, 7) is 0. The summed E-state index contributed by atoms with van der Waals surface area (Å²) >= 11 is 6.14. The number of pyridine rings is 2. The van der Waals surface area contributed by atoms with E-state index < -0.39 is 17.9 Å². The number of hydrogen-bond donors (Lipinski definition) is 2. The quantitative estimate of drug-likeness (QED) is 0.418. The van der Waals surface area contributed by atoms with E-state index in [1.165, 1.54) is 24.5 Å². The number of aromatic nitrogens is 4. The smallest absolute Gasteiger partial charge is 0.449 e. The molecular weight excluding hydrogens is 425 g/mol. The Morgan fingerprint density at radius 1 is 1.10 bits per heavy atom.